The topological polar surface area (TPSA) is 0 Å². The van der Waals surface area contributed by atoms with E-state index in [1.165, 1.54) is 29.3 Å². The molecule has 0 saturated heterocycles. The van der Waals surface area contributed by atoms with Gasteiger partial charge in [-0.15, -0.1) is 11.5 Å². The Kier molecular flexibility index (Phi) is 5.21. The summed E-state index contributed by atoms with van der Waals surface area (Å²) in [4.78, 5) is 0. The molecule has 0 amide bonds. The first kappa shape index (κ1) is 14.6. The number of hydrogen-bond acceptors (Lipinski definition) is 0. The Morgan fingerprint density at radius 3 is 1.75 bits per heavy atom. The summed E-state index contributed by atoms with van der Waals surface area (Å²) >= 11 is 0. The smallest absolute Gasteiger partial charge is 0.120 e. The molecular formula is C19H22Si. The van der Waals surface area contributed by atoms with Gasteiger partial charge in [0, 0.05) is 0 Å². The zero-order chi connectivity index (χ0) is 14.3. The van der Waals surface area contributed by atoms with Crippen molar-refractivity contribution in [1.82, 2.24) is 0 Å². The minimum Gasteiger partial charge on any atom is -0.120 e. The molecule has 0 nitrogen and oxygen atoms in total. The van der Waals surface area contributed by atoms with Crippen LogP contribution in [0.3, 0.4) is 0 Å². The molecular weight excluding hydrogens is 256 g/mol. The van der Waals surface area contributed by atoms with E-state index in [0.29, 0.717) is 0 Å². The summed E-state index contributed by atoms with van der Waals surface area (Å²) in [5, 5.41) is 2.88. The molecule has 2 rings (SSSR count). The van der Waals surface area contributed by atoms with E-state index in [4.69, 9.17) is 0 Å². The maximum atomic E-state index is 3.65. The van der Waals surface area contributed by atoms with Gasteiger partial charge in [-0.25, -0.2) is 0 Å². The Morgan fingerprint density at radius 1 is 0.850 bits per heavy atom. The monoisotopic (exact) mass is 278 g/mol. The number of benzene rings is 2. The average Bonchev–Trinajstić information content (AvgIpc) is 2.53. The van der Waals surface area contributed by atoms with Crippen LogP contribution in [0.25, 0.3) is 0 Å². The van der Waals surface area contributed by atoms with Gasteiger partial charge in [-0.3, -0.25) is 0 Å². The van der Waals surface area contributed by atoms with Crippen molar-refractivity contribution in [2.45, 2.75) is 32.7 Å². The maximum Gasteiger partial charge on any atom is 0.199 e. The minimum atomic E-state index is -1.93. The third kappa shape index (κ3) is 3.03. The quantitative estimate of drug-likeness (QED) is 0.579. The van der Waals surface area contributed by atoms with Crippen LogP contribution in [0, 0.1) is 11.5 Å². The van der Waals surface area contributed by atoms with Gasteiger partial charge in [0.05, 0.1) is 0 Å². The van der Waals surface area contributed by atoms with Crippen LogP contribution in [0.5, 0.6) is 0 Å². The maximum absolute atomic E-state index is 3.65. The van der Waals surface area contributed by atoms with Crippen molar-refractivity contribution in [2.24, 2.45) is 0 Å². The average molecular weight is 278 g/mol. The van der Waals surface area contributed by atoms with Gasteiger partial charge in [-0.2, -0.15) is 0 Å². The highest BCUT2D eigenvalue weighted by Crippen LogP contribution is 2.14. The zero-order valence-electron chi connectivity index (χ0n) is 12.4. The van der Waals surface area contributed by atoms with Gasteiger partial charge in [0.15, 0.2) is 8.07 Å². The first-order valence-electron chi connectivity index (χ1n) is 7.38. The summed E-state index contributed by atoms with van der Waals surface area (Å²) < 4.78 is 0. The Morgan fingerprint density at radius 2 is 1.35 bits per heavy atom. The zero-order valence-corrected chi connectivity index (χ0v) is 13.4. The van der Waals surface area contributed by atoms with Crippen LogP contribution >= 0.6 is 0 Å². The largest absolute Gasteiger partial charge is 0.199 e. The molecule has 2 aromatic carbocycles. The molecule has 1 heteroatoms. The second-order valence-electron chi connectivity index (χ2n) is 5.12. The normalized spacial score (nSPS) is 10.7. The number of rotatable bonds is 5. The van der Waals surface area contributed by atoms with Crippen LogP contribution in [0.2, 0.25) is 6.04 Å². The molecule has 0 aliphatic carbocycles. The van der Waals surface area contributed by atoms with E-state index in [1.807, 2.05) is 6.92 Å². The van der Waals surface area contributed by atoms with Crippen molar-refractivity contribution in [2.75, 3.05) is 0 Å². The van der Waals surface area contributed by atoms with E-state index >= 15 is 0 Å². The van der Waals surface area contributed by atoms with Gasteiger partial charge in [0.2, 0.25) is 0 Å². The van der Waals surface area contributed by atoms with Gasteiger partial charge in [-0.05, 0) is 23.3 Å². The molecule has 0 radical (unpaired) electrons. The highest BCUT2D eigenvalue weighted by Gasteiger charge is 2.34. The fourth-order valence-electron chi connectivity index (χ4n) is 2.76. The lowest BCUT2D eigenvalue weighted by molar-refractivity contribution is 0.875. The van der Waals surface area contributed by atoms with Crippen LogP contribution in [0.15, 0.2) is 60.7 Å². The molecule has 2 aromatic rings. The van der Waals surface area contributed by atoms with E-state index in [0.717, 1.165) is 0 Å². The third-order valence-electron chi connectivity index (χ3n) is 3.78. The molecule has 20 heavy (non-hydrogen) atoms. The Balaban J connectivity index is 2.58. The molecule has 0 aliphatic heterocycles. The lowest BCUT2D eigenvalue weighted by atomic mass is 10.4. The fourth-order valence-corrected chi connectivity index (χ4v) is 6.92. The highest BCUT2D eigenvalue weighted by molar-refractivity contribution is 7.08. The molecule has 0 saturated carbocycles. The summed E-state index contributed by atoms with van der Waals surface area (Å²) in [7, 11) is -1.93. The fraction of sp³-hybridized carbons (Fsp3) is 0.263. The van der Waals surface area contributed by atoms with Crippen molar-refractivity contribution in [3.8, 4) is 11.5 Å². The van der Waals surface area contributed by atoms with Crippen LogP contribution in [-0.2, 0) is 0 Å². The van der Waals surface area contributed by atoms with Crippen LogP contribution in [0.4, 0.5) is 0 Å². The first-order valence-corrected chi connectivity index (χ1v) is 9.59. The van der Waals surface area contributed by atoms with Crippen LogP contribution in [-0.4, -0.2) is 8.07 Å². The third-order valence-corrected chi connectivity index (χ3v) is 8.20. The summed E-state index contributed by atoms with van der Waals surface area (Å²) in [5.74, 6) is 3.23. The van der Waals surface area contributed by atoms with Gasteiger partial charge >= 0.3 is 0 Å². The molecule has 0 spiro atoms. The van der Waals surface area contributed by atoms with Crippen molar-refractivity contribution in [3.05, 3.63) is 60.7 Å². The van der Waals surface area contributed by atoms with Crippen LogP contribution < -0.4 is 10.4 Å². The van der Waals surface area contributed by atoms with Crippen molar-refractivity contribution in [3.63, 3.8) is 0 Å². The van der Waals surface area contributed by atoms with Crippen molar-refractivity contribution < 1.29 is 0 Å². The van der Waals surface area contributed by atoms with E-state index in [-0.39, 0.29) is 0 Å². The van der Waals surface area contributed by atoms with E-state index in [2.05, 4.69) is 79.1 Å². The highest BCUT2D eigenvalue weighted by atomic mass is 28.3. The molecule has 0 unspecified atom stereocenters. The Bertz CT molecular complexity index is 536. The molecule has 0 atom stereocenters. The van der Waals surface area contributed by atoms with Crippen molar-refractivity contribution >= 4 is 18.4 Å². The van der Waals surface area contributed by atoms with Gasteiger partial charge < -0.3 is 0 Å². The van der Waals surface area contributed by atoms with Gasteiger partial charge in [0.1, 0.15) is 0 Å². The Labute approximate surface area is 123 Å². The summed E-state index contributed by atoms with van der Waals surface area (Å²) in [6.07, 6.45) is 2.46. The van der Waals surface area contributed by atoms with Gasteiger partial charge in [-0.1, -0.05) is 80.4 Å². The second-order valence-corrected chi connectivity index (χ2v) is 8.83. The van der Waals surface area contributed by atoms with Crippen molar-refractivity contribution in [1.29, 1.82) is 0 Å². The summed E-state index contributed by atoms with van der Waals surface area (Å²) in [6.45, 7) is 4.23. The molecule has 0 fully saturated rings. The SMILES string of the molecule is CC#C[Si](CCCC)(c1ccccc1)c1ccccc1. The number of hydrogen-bond donors (Lipinski definition) is 0. The number of unbranched alkanes of at least 4 members (excludes halogenated alkanes) is 1. The molecule has 0 aromatic heterocycles. The minimum absolute atomic E-state index is 1.21. The van der Waals surface area contributed by atoms with E-state index < -0.39 is 8.07 Å². The predicted molar refractivity (Wildman–Crippen MR) is 91.1 cm³/mol. The molecule has 0 heterocycles. The summed E-state index contributed by atoms with van der Waals surface area (Å²) in [6, 6.07) is 23.0. The lowest BCUT2D eigenvalue weighted by Gasteiger charge is -2.27. The summed E-state index contributed by atoms with van der Waals surface area (Å²) in [5.41, 5.74) is 3.65. The Hall–Kier alpha value is -1.78. The van der Waals surface area contributed by atoms with Gasteiger partial charge in [0.25, 0.3) is 0 Å². The van der Waals surface area contributed by atoms with E-state index in [1.54, 1.807) is 0 Å². The lowest BCUT2D eigenvalue weighted by Crippen LogP contribution is -2.57. The predicted octanol–water partition coefficient (Wildman–Crippen LogP) is 3.61. The molecule has 102 valence electrons. The van der Waals surface area contributed by atoms with Crippen LogP contribution in [0.1, 0.15) is 26.7 Å². The van der Waals surface area contributed by atoms with E-state index in [9.17, 15) is 0 Å². The molecule has 0 N–H and O–H groups in total. The standard InChI is InChI=1S/C19H22Si/c1-3-5-17-20(16-4-2,18-12-8-6-9-13-18)19-14-10-7-11-15-19/h6-15H,3,5,17H2,1-2H3. The molecule has 0 aliphatic rings. The first-order chi connectivity index (χ1) is 9.83. The molecule has 0 bridgehead atoms. The second kappa shape index (κ2) is 7.12.